The van der Waals surface area contributed by atoms with Gasteiger partial charge in [-0.2, -0.15) is 5.09 Å². The molecule has 2 aromatic heterocycles. The second-order valence-corrected chi connectivity index (χ2v) is 11.5. The smallest absolute Gasteiger partial charge is 0.459 e. The van der Waals surface area contributed by atoms with Crippen LogP contribution in [0, 0.1) is 6.92 Å². The van der Waals surface area contributed by atoms with Gasteiger partial charge in [0.05, 0.1) is 19.0 Å². The summed E-state index contributed by atoms with van der Waals surface area (Å²) in [4.78, 5) is 25.3. The Balaban J connectivity index is 1.56. The molecule has 3 aromatic rings. The van der Waals surface area contributed by atoms with E-state index in [2.05, 4.69) is 25.4 Å². The zero-order valence-electron chi connectivity index (χ0n) is 23.1. The van der Waals surface area contributed by atoms with Crippen LogP contribution in [0.4, 0.5) is 10.2 Å². The van der Waals surface area contributed by atoms with Gasteiger partial charge in [-0.1, -0.05) is 18.2 Å². The van der Waals surface area contributed by atoms with Crippen LogP contribution < -0.4 is 14.9 Å². The van der Waals surface area contributed by atoms with Crippen LogP contribution in [0.5, 0.6) is 5.75 Å². The molecule has 1 fully saturated rings. The largest absolute Gasteiger partial charge is 0.462 e. The molecule has 0 saturated carbocycles. The summed E-state index contributed by atoms with van der Waals surface area (Å²) in [7, 11) is -2.59. The fraction of sp³-hybridized carbons (Fsp3) is 0.520. The summed E-state index contributed by atoms with van der Waals surface area (Å²) in [6.07, 6.45) is -3.34. The Labute approximate surface area is 231 Å². The molecule has 1 aliphatic heterocycles. The summed E-state index contributed by atoms with van der Waals surface area (Å²) in [5.41, 5.74) is -1.61. The van der Waals surface area contributed by atoms with Crippen molar-refractivity contribution in [3.8, 4) is 5.75 Å². The van der Waals surface area contributed by atoms with Crippen LogP contribution in [0.1, 0.15) is 39.7 Å². The van der Waals surface area contributed by atoms with Crippen LogP contribution in [-0.2, 0) is 23.4 Å². The van der Waals surface area contributed by atoms with Crippen molar-refractivity contribution in [2.24, 2.45) is 0 Å². The number of aliphatic hydroxyl groups is 1. The average Bonchev–Trinajstić information content (AvgIpc) is 3.40. The van der Waals surface area contributed by atoms with Gasteiger partial charge in [0.2, 0.25) is 0 Å². The number of hydrogen-bond donors (Lipinski definition) is 3. The number of carbonyl (C=O) groups is 1. The van der Waals surface area contributed by atoms with Crippen molar-refractivity contribution in [2.45, 2.75) is 70.9 Å². The van der Waals surface area contributed by atoms with E-state index in [-0.39, 0.29) is 5.75 Å². The monoisotopic (exact) mass is 580 g/mol. The summed E-state index contributed by atoms with van der Waals surface area (Å²) in [6.45, 7) is 7.13. The number of rotatable bonds is 11. The minimum absolute atomic E-state index is 0.198. The molecular weight excluding hydrogens is 546 g/mol. The van der Waals surface area contributed by atoms with E-state index in [4.69, 9.17) is 18.5 Å². The summed E-state index contributed by atoms with van der Waals surface area (Å²) in [5.74, 6) is 0.404. The molecule has 6 atom stereocenters. The van der Waals surface area contributed by atoms with E-state index in [1.807, 2.05) is 0 Å². The Kier molecular flexibility index (Phi) is 8.76. The van der Waals surface area contributed by atoms with Gasteiger partial charge in [0.1, 0.15) is 29.8 Å². The van der Waals surface area contributed by atoms with E-state index in [9.17, 15) is 14.5 Å². The minimum atomic E-state index is -4.26. The van der Waals surface area contributed by atoms with Crippen molar-refractivity contribution >= 4 is 30.7 Å². The van der Waals surface area contributed by atoms with Gasteiger partial charge in [0.15, 0.2) is 28.9 Å². The molecule has 1 saturated heterocycles. The third-order valence-corrected chi connectivity index (χ3v) is 7.82. The number of ether oxygens (including phenoxy) is 2. The lowest BCUT2D eigenvalue weighted by molar-refractivity contribution is -0.149. The lowest BCUT2D eigenvalue weighted by Gasteiger charge is -2.25. The summed E-state index contributed by atoms with van der Waals surface area (Å²) in [5, 5.41) is 16.4. The molecule has 1 aliphatic rings. The first kappa shape index (κ1) is 29.8. The maximum absolute atomic E-state index is 16.0. The number of anilines is 1. The average molecular weight is 581 g/mol. The third-order valence-electron chi connectivity index (χ3n) is 6.17. The first-order valence-corrected chi connectivity index (χ1v) is 14.3. The molecule has 15 heteroatoms. The van der Waals surface area contributed by atoms with Crippen molar-refractivity contribution in [1.29, 1.82) is 0 Å². The topological polar surface area (TPSA) is 159 Å². The van der Waals surface area contributed by atoms with Crippen LogP contribution >= 0.6 is 7.75 Å². The molecule has 0 bridgehead atoms. The first-order valence-electron chi connectivity index (χ1n) is 12.7. The third kappa shape index (κ3) is 6.26. The molecule has 4 rings (SSSR count). The second kappa shape index (κ2) is 11.8. The van der Waals surface area contributed by atoms with Crippen molar-refractivity contribution in [3.05, 3.63) is 42.5 Å². The fourth-order valence-electron chi connectivity index (χ4n) is 4.23. The number of alkyl halides is 1. The molecule has 1 aromatic carbocycles. The van der Waals surface area contributed by atoms with Crippen molar-refractivity contribution in [1.82, 2.24) is 24.6 Å². The predicted octanol–water partition coefficient (Wildman–Crippen LogP) is 3.30. The van der Waals surface area contributed by atoms with E-state index < -0.39 is 56.6 Å². The number of aryl methyl sites for hydroxylation is 1. The number of nitrogens with one attached hydrogen (secondary N) is 2. The molecule has 0 amide bonds. The van der Waals surface area contributed by atoms with Crippen molar-refractivity contribution < 1.29 is 37.4 Å². The quantitative estimate of drug-likeness (QED) is 0.225. The molecule has 3 N–H and O–H groups in total. The van der Waals surface area contributed by atoms with E-state index in [1.54, 1.807) is 58.2 Å². The number of para-hydroxylation sites is 1. The highest BCUT2D eigenvalue weighted by atomic mass is 31.2. The Morgan fingerprint density at radius 2 is 1.98 bits per heavy atom. The maximum Gasteiger partial charge on any atom is 0.459 e. The lowest BCUT2D eigenvalue weighted by atomic mass is 9.98. The molecule has 40 heavy (non-hydrogen) atoms. The highest BCUT2D eigenvalue weighted by molar-refractivity contribution is 7.52. The molecule has 3 heterocycles. The highest BCUT2D eigenvalue weighted by Gasteiger charge is 2.56. The SMILES string of the molecule is CNc1nc(C)nc2c1ncn2[C@@H]1O[C@H](CO[P@@](=O)(NC(C)C(=O)OC(C)C)Oc2ccccc2)[C@@H](O)[C@@]1(C)F. The van der Waals surface area contributed by atoms with Crippen LogP contribution in [0.2, 0.25) is 0 Å². The van der Waals surface area contributed by atoms with Gasteiger partial charge in [-0.05, 0) is 46.8 Å². The number of carbonyl (C=O) groups excluding carboxylic acids is 1. The normalized spacial score (nSPS) is 25.1. The highest BCUT2D eigenvalue weighted by Crippen LogP contribution is 2.48. The number of fused-ring (bicyclic) bond motifs is 1. The van der Waals surface area contributed by atoms with Crippen molar-refractivity contribution in [3.63, 3.8) is 0 Å². The van der Waals surface area contributed by atoms with Crippen LogP contribution in [-0.4, -0.2) is 74.3 Å². The summed E-state index contributed by atoms with van der Waals surface area (Å²) >= 11 is 0. The molecule has 0 aliphatic carbocycles. The van der Waals surface area contributed by atoms with Crippen LogP contribution in [0.25, 0.3) is 11.2 Å². The fourth-order valence-corrected chi connectivity index (χ4v) is 5.73. The Morgan fingerprint density at radius 3 is 2.62 bits per heavy atom. The Morgan fingerprint density at radius 1 is 1.27 bits per heavy atom. The number of aliphatic hydroxyl groups excluding tert-OH is 1. The minimum Gasteiger partial charge on any atom is -0.462 e. The lowest BCUT2D eigenvalue weighted by Crippen LogP contribution is -2.41. The van der Waals surface area contributed by atoms with Gasteiger partial charge in [0.25, 0.3) is 0 Å². The van der Waals surface area contributed by atoms with Gasteiger partial charge >= 0.3 is 13.7 Å². The zero-order chi connectivity index (χ0) is 29.2. The number of nitrogens with zero attached hydrogens (tertiary/aromatic N) is 4. The van der Waals surface area contributed by atoms with Gasteiger partial charge in [-0.25, -0.2) is 23.9 Å². The molecule has 0 spiro atoms. The van der Waals surface area contributed by atoms with Gasteiger partial charge in [-0.15, -0.1) is 0 Å². The standard InChI is InChI=1S/C25H34FN6O7P/c1-14(2)37-23(34)15(3)31-40(35,39-17-10-8-7-9-11-17)36-12-18-20(33)25(5,26)24(38-18)32-13-28-19-21(27-6)29-16(4)30-22(19)32/h7-11,13-15,18,20,24,33H,12H2,1-6H3,(H,31,35)(H,27,29,30)/t15?,18-,20-,24-,25-,40+/m1/s1. The second-order valence-electron chi connectivity index (χ2n) is 9.85. The van der Waals surface area contributed by atoms with Gasteiger partial charge in [-0.3, -0.25) is 13.9 Å². The van der Waals surface area contributed by atoms with E-state index in [0.29, 0.717) is 22.8 Å². The van der Waals surface area contributed by atoms with E-state index >= 15 is 4.39 Å². The molecule has 0 radical (unpaired) electrons. The van der Waals surface area contributed by atoms with Gasteiger partial charge in [0, 0.05) is 7.05 Å². The predicted molar refractivity (Wildman–Crippen MR) is 143 cm³/mol. The van der Waals surface area contributed by atoms with E-state index in [1.165, 1.54) is 24.7 Å². The summed E-state index contributed by atoms with van der Waals surface area (Å²) in [6, 6.07) is 7.10. The number of halogens is 1. The number of aromatic nitrogens is 4. The number of imidazole rings is 1. The van der Waals surface area contributed by atoms with Crippen molar-refractivity contribution in [2.75, 3.05) is 19.0 Å². The molecule has 1 unspecified atom stereocenters. The van der Waals surface area contributed by atoms with E-state index in [0.717, 1.165) is 0 Å². The molecule has 13 nitrogen and oxygen atoms in total. The Bertz CT molecular complexity index is 1390. The van der Waals surface area contributed by atoms with Crippen LogP contribution in [0.15, 0.2) is 36.7 Å². The summed E-state index contributed by atoms with van der Waals surface area (Å²) < 4.78 is 53.4. The molecular formula is C25H34FN6O7P. The maximum atomic E-state index is 16.0. The first-order chi connectivity index (χ1) is 18.8. The van der Waals surface area contributed by atoms with Crippen LogP contribution in [0.3, 0.4) is 0 Å². The zero-order valence-corrected chi connectivity index (χ0v) is 24.0. The number of benzene rings is 1. The Hall–Kier alpha value is -3.16. The van der Waals surface area contributed by atoms with Gasteiger partial charge < -0.3 is 24.4 Å². The molecule has 218 valence electrons. The number of hydrogen-bond acceptors (Lipinski definition) is 11. The number of esters is 1.